The Morgan fingerprint density at radius 2 is 1.55 bits per heavy atom. The van der Waals surface area contributed by atoms with Crippen LogP contribution in [-0.2, 0) is 10.2 Å². The number of rotatable bonds is 12. The van der Waals surface area contributed by atoms with E-state index in [2.05, 4.69) is 25.7 Å². The molecule has 1 amide bonds. The van der Waals surface area contributed by atoms with Crippen molar-refractivity contribution in [1.82, 2.24) is 5.32 Å². The normalized spacial score (nSPS) is 13.2. The molecule has 0 fully saturated rings. The predicted molar refractivity (Wildman–Crippen MR) is 116 cm³/mol. The third kappa shape index (κ3) is 7.07. The monoisotopic (exact) mass is 433 g/mol. The van der Waals surface area contributed by atoms with Crippen LogP contribution >= 0.6 is 0 Å². The van der Waals surface area contributed by atoms with Crippen molar-refractivity contribution in [2.24, 2.45) is 0 Å². The Balaban J connectivity index is 2.00. The SMILES string of the molecule is C=CC(=O)NC(CO)COc1ccc(C(C)(C)c2ccc(OCC(F)CF)cc2)cc1. The number of hydrogen-bond donors (Lipinski definition) is 2. The summed E-state index contributed by atoms with van der Waals surface area (Å²) in [7, 11) is 0. The lowest BCUT2D eigenvalue weighted by atomic mass is 9.78. The second kappa shape index (κ2) is 11.5. The highest BCUT2D eigenvalue weighted by atomic mass is 19.2. The smallest absolute Gasteiger partial charge is 0.243 e. The minimum Gasteiger partial charge on any atom is -0.491 e. The van der Waals surface area contributed by atoms with Crippen molar-refractivity contribution in [2.45, 2.75) is 31.5 Å². The van der Waals surface area contributed by atoms with Gasteiger partial charge in [0.15, 0.2) is 6.17 Å². The van der Waals surface area contributed by atoms with Gasteiger partial charge < -0.3 is 19.9 Å². The van der Waals surface area contributed by atoms with Crippen LogP contribution in [-0.4, -0.2) is 49.7 Å². The summed E-state index contributed by atoms with van der Waals surface area (Å²) in [6, 6.07) is 14.3. The van der Waals surface area contributed by atoms with Gasteiger partial charge in [0.1, 0.15) is 31.4 Å². The van der Waals surface area contributed by atoms with Gasteiger partial charge in [-0.1, -0.05) is 44.7 Å². The Labute approximate surface area is 181 Å². The van der Waals surface area contributed by atoms with Crippen LogP contribution < -0.4 is 14.8 Å². The summed E-state index contributed by atoms with van der Waals surface area (Å²) in [5, 5.41) is 11.9. The number of aliphatic hydroxyl groups excluding tert-OH is 1. The molecule has 7 heteroatoms. The van der Waals surface area contributed by atoms with Crippen LogP contribution in [0.5, 0.6) is 11.5 Å². The quantitative estimate of drug-likeness (QED) is 0.501. The highest BCUT2D eigenvalue weighted by Gasteiger charge is 2.23. The van der Waals surface area contributed by atoms with Crippen molar-refractivity contribution in [1.29, 1.82) is 0 Å². The predicted octanol–water partition coefficient (Wildman–Crippen LogP) is 3.74. The average Bonchev–Trinajstić information content (AvgIpc) is 2.80. The fourth-order valence-electron chi connectivity index (χ4n) is 2.93. The van der Waals surface area contributed by atoms with Gasteiger partial charge in [-0.3, -0.25) is 4.79 Å². The number of halogens is 2. The number of carbonyl (C=O) groups excluding carboxylic acids is 1. The standard InChI is InChI=1S/C24H29F2NO4/c1-4-23(29)27-20(14-28)16-31-22-11-7-18(8-12-22)24(2,3)17-5-9-21(10-6-17)30-15-19(26)13-25/h4-12,19-20,28H,1,13-16H2,2-3H3,(H,27,29). The molecule has 2 atom stereocenters. The van der Waals surface area contributed by atoms with E-state index in [-0.39, 0.29) is 31.1 Å². The fourth-order valence-corrected chi connectivity index (χ4v) is 2.93. The second-order valence-corrected chi connectivity index (χ2v) is 7.64. The van der Waals surface area contributed by atoms with Crippen LogP contribution in [0.3, 0.4) is 0 Å². The van der Waals surface area contributed by atoms with Crippen LogP contribution in [0.4, 0.5) is 8.78 Å². The van der Waals surface area contributed by atoms with Gasteiger partial charge in [0, 0.05) is 5.41 Å². The molecule has 0 aromatic heterocycles. The minimum atomic E-state index is -1.62. The first-order valence-corrected chi connectivity index (χ1v) is 10.0. The molecule has 2 aromatic carbocycles. The highest BCUT2D eigenvalue weighted by molar-refractivity contribution is 5.87. The van der Waals surface area contributed by atoms with E-state index in [9.17, 15) is 18.7 Å². The van der Waals surface area contributed by atoms with E-state index in [1.165, 1.54) is 0 Å². The number of aliphatic hydroxyl groups is 1. The molecule has 2 unspecified atom stereocenters. The zero-order chi connectivity index (χ0) is 22.9. The number of benzene rings is 2. The van der Waals surface area contributed by atoms with Crippen LogP contribution in [0.1, 0.15) is 25.0 Å². The van der Waals surface area contributed by atoms with Crippen molar-refractivity contribution in [3.05, 3.63) is 72.3 Å². The van der Waals surface area contributed by atoms with E-state index in [0.717, 1.165) is 17.2 Å². The molecular weight excluding hydrogens is 404 g/mol. The van der Waals surface area contributed by atoms with Gasteiger partial charge in [0.05, 0.1) is 12.6 Å². The summed E-state index contributed by atoms with van der Waals surface area (Å²) in [6.07, 6.45) is -0.484. The maximum Gasteiger partial charge on any atom is 0.243 e. The molecule has 2 rings (SSSR count). The molecule has 0 aliphatic rings. The Hall–Kier alpha value is -2.93. The molecule has 0 saturated heterocycles. The molecule has 0 heterocycles. The first-order valence-electron chi connectivity index (χ1n) is 10.0. The average molecular weight is 433 g/mol. The van der Waals surface area contributed by atoms with Crippen LogP contribution in [0.15, 0.2) is 61.2 Å². The van der Waals surface area contributed by atoms with Crippen molar-refractivity contribution >= 4 is 5.91 Å². The molecule has 168 valence electrons. The third-order valence-electron chi connectivity index (χ3n) is 4.95. The lowest BCUT2D eigenvalue weighted by Gasteiger charge is -2.26. The third-order valence-corrected chi connectivity index (χ3v) is 4.95. The molecule has 0 radical (unpaired) electrons. The number of carbonyl (C=O) groups is 1. The number of hydrogen-bond acceptors (Lipinski definition) is 4. The summed E-state index contributed by atoms with van der Waals surface area (Å²) in [5.41, 5.74) is 1.77. The van der Waals surface area contributed by atoms with E-state index in [1.807, 2.05) is 36.4 Å². The lowest BCUT2D eigenvalue weighted by molar-refractivity contribution is -0.117. The zero-order valence-electron chi connectivity index (χ0n) is 17.8. The summed E-state index contributed by atoms with van der Waals surface area (Å²) >= 11 is 0. The molecule has 5 nitrogen and oxygen atoms in total. The van der Waals surface area contributed by atoms with Crippen molar-refractivity contribution in [3.8, 4) is 11.5 Å². The maximum absolute atomic E-state index is 13.0. The van der Waals surface area contributed by atoms with Crippen LogP contribution in [0, 0.1) is 0 Å². The van der Waals surface area contributed by atoms with E-state index in [1.54, 1.807) is 12.1 Å². The molecule has 31 heavy (non-hydrogen) atoms. The molecular formula is C24H29F2NO4. The van der Waals surface area contributed by atoms with Crippen molar-refractivity contribution < 1.29 is 28.2 Å². The van der Waals surface area contributed by atoms with Gasteiger partial charge in [-0.2, -0.15) is 0 Å². The number of nitrogens with one attached hydrogen (secondary N) is 1. The van der Waals surface area contributed by atoms with Gasteiger partial charge in [0.2, 0.25) is 5.91 Å². The highest BCUT2D eigenvalue weighted by Crippen LogP contribution is 2.33. The van der Waals surface area contributed by atoms with Crippen molar-refractivity contribution in [3.63, 3.8) is 0 Å². The summed E-state index contributed by atoms with van der Waals surface area (Å²) < 4.78 is 36.1. The minimum absolute atomic E-state index is 0.127. The topological polar surface area (TPSA) is 67.8 Å². The molecule has 0 spiro atoms. The molecule has 0 saturated carbocycles. The molecule has 2 aromatic rings. The molecule has 0 aliphatic heterocycles. The van der Waals surface area contributed by atoms with E-state index in [4.69, 9.17) is 9.47 Å². The van der Waals surface area contributed by atoms with E-state index >= 15 is 0 Å². The number of ether oxygens (including phenoxy) is 2. The maximum atomic E-state index is 13.0. The zero-order valence-corrected chi connectivity index (χ0v) is 17.8. The first-order chi connectivity index (χ1) is 14.8. The molecule has 0 bridgehead atoms. The fraction of sp³-hybridized carbons (Fsp3) is 0.375. The number of amides is 1. The molecule has 2 N–H and O–H groups in total. The summed E-state index contributed by atoms with van der Waals surface area (Å²) in [5.74, 6) is 0.729. The van der Waals surface area contributed by atoms with Crippen LogP contribution in [0.25, 0.3) is 0 Å². The molecule has 0 aliphatic carbocycles. The van der Waals surface area contributed by atoms with E-state index in [0.29, 0.717) is 11.5 Å². The van der Waals surface area contributed by atoms with Gasteiger partial charge in [-0.05, 0) is 41.5 Å². The summed E-state index contributed by atoms with van der Waals surface area (Å²) in [4.78, 5) is 11.3. The van der Waals surface area contributed by atoms with Gasteiger partial charge in [-0.25, -0.2) is 8.78 Å². The Kier molecular flexibility index (Phi) is 9.00. The first kappa shape index (κ1) is 24.3. The van der Waals surface area contributed by atoms with Gasteiger partial charge in [0.25, 0.3) is 0 Å². The second-order valence-electron chi connectivity index (χ2n) is 7.64. The van der Waals surface area contributed by atoms with Crippen molar-refractivity contribution in [2.75, 3.05) is 26.5 Å². The lowest BCUT2D eigenvalue weighted by Crippen LogP contribution is -2.40. The van der Waals surface area contributed by atoms with Crippen LogP contribution in [0.2, 0.25) is 0 Å². The number of alkyl halides is 2. The largest absolute Gasteiger partial charge is 0.491 e. The van der Waals surface area contributed by atoms with Gasteiger partial charge >= 0.3 is 0 Å². The van der Waals surface area contributed by atoms with E-state index < -0.39 is 18.9 Å². The summed E-state index contributed by atoms with van der Waals surface area (Å²) in [6.45, 7) is 6.04. The van der Waals surface area contributed by atoms with Gasteiger partial charge in [-0.15, -0.1) is 0 Å². The Morgan fingerprint density at radius 3 is 1.97 bits per heavy atom. The Morgan fingerprint density at radius 1 is 1.06 bits per heavy atom. The Bertz CT molecular complexity index is 838.